The van der Waals surface area contributed by atoms with Crippen LogP contribution in [0.5, 0.6) is 0 Å². The Labute approximate surface area is 88.2 Å². The van der Waals surface area contributed by atoms with Crippen molar-refractivity contribution in [2.24, 2.45) is 0 Å². The van der Waals surface area contributed by atoms with Gasteiger partial charge in [0.25, 0.3) is 0 Å². The molecule has 0 aromatic heterocycles. The lowest BCUT2D eigenvalue weighted by molar-refractivity contribution is 0.145. The third-order valence-corrected chi connectivity index (χ3v) is 2.40. The highest BCUT2D eigenvalue weighted by Gasteiger charge is 1.92. The molecule has 0 unspecified atom stereocenters. The summed E-state index contributed by atoms with van der Waals surface area (Å²) in [6.45, 7) is 3.71. The second-order valence-corrected chi connectivity index (χ2v) is 3.84. The van der Waals surface area contributed by atoms with Crippen molar-refractivity contribution >= 4 is 15.9 Å². The van der Waals surface area contributed by atoms with Crippen molar-refractivity contribution in [3.63, 3.8) is 0 Å². The van der Waals surface area contributed by atoms with E-state index in [0.29, 0.717) is 0 Å². The summed E-state index contributed by atoms with van der Waals surface area (Å²) in [5.74, 6) is 0. The van der Waals surface area contributed by atoms with Crippen LogP contribution in [0.2, 0.25) is 0 Å². The highest BCUT2D eigenvalue weighted by atomic mass is 79.9. The van der Waals surface area contributed by atoms with Crippen molar-refractivity contribution < 1.29 is 4.74 Å². The molecule has 0 N–H and O–H groups in total. The summed E-state index contributed by atoms with van der Waals surface area (Å²) in [6.07, 6.45) is 2.21. The molecular weight excluding hydrogens is 228 g/mol. The van der Waals surface area contributed by atoms with E-state index in [0.717, 1.165) is 30.5 Å². The molecule has 72 valence electrons. The normalized spacial score (nSPS) is 10.3. The van der Waals surface area contributed by atoms with Crippen molar-refractivity contribution in [2.75, 3.05) is 13.2 Å². The molecule has 0 bridgehead atoms. The molecule has 0 aliphatic heterocycles. The molecule has 0 amide bonds. The van der Waals surface area contributed by atoms with Gasteiger partial charge < -0.3 is 4.74 Å². The molecule has 1 rings (SSSR count). The number of ether oxygens (including phenoxy) is 1. The van der Waals surface area contributed by atoms with Gasteiger partial charge in [0.1, 0.15) is 0 Å². The molecule has 1 nitrogen and oxygen atoms in total. The van der Waals surface area contributed by atoms with Crippen molar-refractivity contribution in [1.82, 2.24) is 0 Å². The quantitative estimate of drug-likeness (QED) is 0.720. The van der Waals surface area contributed by atoms with Gasteiger partial charge in [-0.25, -0.2) is 0 Å². The van der Waals surface area contributed by atoms with E-state index < -0.39 is 0 Å². The molecule has 13 heavy (non-hydrogen) atoms. The molecule has 0 aliphatic carbocycles. The molecule has 0 spiro atoms. The summed E-state index contributed by atoms with van der Waals surface area (Å²) in [6, 6.07) is 8.46. The van der Waals surface area contributed by atoms with Gasteiger partial charge in [-0.05, 0) is 37.5 Å². The lowest BCUT2D eigenvalue weighted by Crippen LogP contribution is -1.95. The first-order chi connectivity index (χ1) is 6.33. The van der Waals surface area contributed by atoms with E-state index in [2.05, 4.69) is 40.2 Å². The van der Waals surface area contributed by atoms with E-state index in [1.54, 1.807) is 0 Å². The topological polar surface area (TPSA) is 9.23 Å². The molecule has 1 aromatic carbocycles. The van der Waals surface area contributed by atoms with Crippen LogP contribution in [0.4, 0.5) is 0 Å². The summed E-state index contributed by atoms with van der Waals surface area (Å²) in [5, 5.41) is 0. The maximum Gasteiger partial charge on any atom is 0.0469 e. The Bertz CT molecular complexity index is 230. The van der Waals surface area contributed by atoms with Gasteiger partial charge in [-0.1, -0.05) is 28.1 Å². The van der Waals surface area contributed by atoms with Gasteiger partial charge in [0.05, 0.1) is 0 Å². The van der Waals surface area contributed by atoms with Crippen molar-refractivity contribution in [3.05, 3.63) is 34.3 Å². The minimum atomic E-state index is 0.820. The largest absolute Gasteiger partial charge is 0.382 e. The number of halogens is 1. The molecule has 0 saturated heterocycles. The SMILES string of the molecule is CCOCCCc1ccc(Br)cc1. The Morgan fingerprint density at radius 2 is 1.92 bits per heavy atom. The van der Waals surface area contributed by atoms with E-state index in [1.165, 1.54) is 5.56 Å². The highest BCUT2D eigenvalue weighted by Crippen LogP contribution is 2.11. The minimum absolute atomic E-state index is 0.820. The fourth-order valence-corrected chi connectivity index (χ4v) is 1.44. The number of rotatable bonds is 5. The zero-order chi connectivity index (χ0) is 9.52. The van der Waals surface area contributed by atoms with E-state index in [9.17, 15) is 0 Å². The summed E-state index contributed by atoms with van der Waals surface area (Å²) >= 11 is 3.41. The Kier molecular flexibility index (Phi) is 5.09. The standard InChI is InChI=1S/C11H15BrO/c1-2-13-9-3-4-10-5-7-11(12)8-6-10/h5-8H,2-4,9H2,1H3. The molecule has 0 fully saturated rings. The van der Waals surface area contributed by atoms with E-state index in [-0.39, 0.29) is 0 Å². The first kappa shape index (κ1) is 10.7. The van der Waals surface area contributed by atoms with Crippen LogP contribution in [0.1, 0.15) is 18.9 Å². The number of benzene rings is 1. The van der Waals surface area contributed by atoms with Crippen LogP contribution in [-0.2, 0) is 11.2 Å². The molecule has 0 heterocycles. The number of aryl methyl sites for hydroxylation is 1. The average Bonchev–Trinajstić information content (AvgIpc) is 2.15. The highest BCUT2D eigenvalue weighted by molar-refractivity contribution is 9.10. The second kappa shape index (κ2) is 6.17. The lowest BCUT2D eigenvalue weighted by atomic mass is 10.1. The van der Waals surface area contributed by atoms with Gasteiger partial charge in [0, 0.05) is 17.7 Å². The number of hydrogen-bond acceptors (Lipinski definition) is 1. The molecule has 0 radical (unpaired) electrons. The van der Waals surface area contributed by atoms with Crippen molar-refractivity contribution in [2.45, 2.75) is 19.8 Å². The smallest absolute Gasteiger partial charge is 0.0469 e. The Hall–Kier alpha value is -0.340. The van der Waals surface area contributed by atoms with Gasteiger partial charge >= 0.3 is 0 Å². The molecule has 1 aromatic rings. The van der Waals surface area contributed by atoms with Gasteiger partial charge in [-0.3, -0.25) is 0 Å². The molecule has 0 aliphatic rings. The van der Waals surface area contributed by atoms with Gasteiger partial charge in [-0.15, -0.1) is 0 Å². The van der Waals surface area contributed by atoms with E-state index >= 15 is 0 Å². The molecular formula is C11H15BrO. The zero-order valence-corrected chi connectivity index (χ0v) is 9.51. The third kappa shape index (κ3) is 4.44. The number of hydrogen-bond donors (Lipinski definition) is 0. The Balaban J connectivity index is 2.25. The van der Waals surface area contributed by atoms with Crippen molar-refractivity contribution in [3.8, 4) is 0 Å². The predicted octanol–water partition coefficient (Wildman–Crippen LogP) is 3.42. The second-order valence-electron chi connectivity index (χ2n) is 2.93. The zero-order valence-electron chi connectivity index (χ0n) is 7.92. The fraction of sp³-hybridized carbons (Fsp3) is 0.455. The van der Waals surface area contributed by atoms with Gasteiger partial charge in [0.15, 0.2) is 0 Å². The summed E-state index contributed by atoms with van der Waals surface area (Å²) in [4.78, 5) is 0. The lowest BCUT2D eigenvalue weighted by Gasteiger charge is -2.01. The Morgan fingerprint density at radius 1 is 1.23 bits per heavy atom. The summed E-state index contributed by atoms with van der Waals surface area (Å²) in [5.41, 5.74) is 1.38. The van der Waals surface area contributed by atoms with E-state index in [1.807, 2.05) is 6.92 Å². The van der Waals surface area contributed by atoms with Crippen LogP contribution < -0.4 is 0 Å². The van der Waals surface area contributed by atoms with Crippen molar-refractivity contribution in [1.29, 1.82) is 0 Å². The monoisotopic (exact) mass is 242 g/mol. The Morgan fingerprint density at radius 3 is 2.54 bits per heavy atom. The minimum Gasteiger partial charge on any atom is -0.382 e. The van der Waals surface area contributed by atoms with Gasteiger partial charge in [-0.2, -0.15) is 0 Å². The van der Waals surface area contributed by atoms with E-state index in [4.69, 9.17) is 4.74 Å². The summed E-state index contributed by atoms with van der Waals surface area (Å²) < 4.78 is 6.41. The van der Waals surface area contributed by atoms with Crippen LogP contribution in [0.15, 0.2) is 28.7 Å². The third-order valence-electron chi connectivity index (χ3n) is 1.87. The van der Waals surface area contributed by atoms with Gasteiger partial charge in [0.2, 0.25) is 0 Å². The molecule has 0 atom stereocenters. The van der Waals surface area contributed by atoms with Crippen LogP contribution in [0.25, 0.3) is 0 Å². The van der Waals surface area contributed by atoms with Crippen LogP contribution in [0.3, 0.4) is 0 Å². The first-order valence-corrected chi connectivity index (χ1v) is 5.44. The molecule has 0 saturated carbocycles. The van der Waals surface area contributed by atoms with Crippen LogP contribution in [0, 0.1) is 0 Å². The predicted molar refractivity (Wildman–Crippen MR) is 59.0 cm³/mol. The van der Waals surface area contributed by atoms with Crippen LogP contribution >= 0.6 is 15.9 Å². The maximum atomic E-state index is 5.27. The molecule has 2 heteroatoms. The average molecular weight is 243 g/mol. The van der Waals surface area contributed by atoms with Crippen LogP contribution in [-0.4, -0.2) is 13.2 Å². The fourth-order valence-electron chi connectivity index (χ4n) is 1.17. The summed E-state index contributed by atoms with van der Waals surface area (Å²) in [7, 11) is 0. The first-order valence-electron chi connectivity index (χ1n) is 4.65. The maximum absolute atomic E-state index is 5.27.